The zero-order valence-electron chi connectivity index (χ0n) is 8.32. The number of aromatic nitrogens is 4. The van der Waals surface area contributed by atoms with Crippen LogP contribution in [-0.4, -0.2) is 19.6 Å². The van der Waals surface area contributed by atoms with E-state index in [2.05, 4.69) is 51.8 Å². The van der Waals surface area contributed by atoms with Crippen molar-refractivity contribution in [2.75, 3.05) is 0 Å². The van der Waals surface area contributed by atoms with Crippen LogP contribution in [0.3, 0.4) is 0 Å². The molecule has 0 spiro atoms. The second-order valence-corrected chi connectivity index (χ2v) is 5.00. The molecule has 5 heteroatoms. The molecule has 4 nitrogen and oxygen atoms in total. The molecule has 2 heterocycles. The van der Waals surface area contributed by atoms with Crippen molar-refractivity contribution in [1.82, 2.24) is 19.6 Å². The maximum Gasteiger partial charge on any atom is 0.251 e. The van der Waals surface area contributed by atoms with Crippen LogP contribution in [0.1, 0.15) is 26.5 Å². The van der Waals surface area contributed by atoms with Crippen molar-refractivity contribution in [2.24, 2.45) is 0 Å². The SMILES string of the molecule is CC(C)(C)c1cnn2c(Br)cnc2n1. The minimum Gasteiger partial charge on any atom is -0.217 e. The monoisotopic (exact) mass is 254 g/mol. The van der Waals surface area contributed by atoms with Gasteiger partial charge in [-0.1, -0.05) is 20.8 Å². The lowest BCUT2D eigenvalue weighted by Gasteiger charge is -2.16. The van der Waals surface area contributed by atoms with Crippen LogP contribution in [0.15, 0.2) is 17.0 Å². The molecule has 0 fully saturated rings. The van der Waals surface area contributed by atoms with Gasteiger partial charge in [0.05, 0.1) is 18.1 Å². The van der Waals surface area contributed by atoms with Gasteiger partial charge in [-0.3, -0.25) is 0 Å². The molecule has 14 heavy (non-hydrogen) atoms. The van der Waals surface area contributed by atoms with Gasteiger partial charge in [-0.05, 0) is 15.9 Å². The van der Waals surface area contributed by atoms with Crippen LogP contribution in [0.5, 0.6) is 0 Å². The van der Waals surface area contributed by atoms with Gasteiger partial charge in [0, 0.05) is 5.41 Å². The molecule has 2 aromatic rings. The molecule has 0 saturated carbocycles. The molecule has 0 unspecified atom stereocenters. The van der Waals surface area contributed by atoms with Gasteiger partial charge in [-0.2, -0.15) is 9.61 Å². The fraction of sp³-hybridized carbons (Fsp3) is 0.444. The van der Waals surface area contributed by atoms with E-state index in [9.17, 15) is 0 Å². The van der Waals surface area contributed by atoms with E-state index in [1.54, 1.807) is 16.9 Å². The summed E-state index contributed by atoms with van der Waals surface area (Å²) in [7, 11) is 0. The third-order valence-corrected chi connectivity index (χ3v) is 2.50. The Hall–Kier alpha value is -0.970. The van der Waals surface area contributed by atoms with Gasteiger partial charge in [-0.15, -0.1) is 0 Å². The smallest absolute Gasteiger partial charge is 0.217 e. The van der Waals surface area contributed by atoms with Gasteiger partial charge in [-0.25, -0.2) is 9.97 Å². The molecular formula is C9H11BrN4. The zero-order valence-corrected chi connectivity index (χ0v) is 9.91. The Labute approximate surface area is 90.5 Å². The molecule has 0 aliphatic heterocycles. The van der Waals surface area contributed by atoms with Crippen molar-refractivity contribution in [2.45, 2.75) is 26.2 Å². The fourth-order valence-corrected chi connectivity index (χ4v) is 1.46. The summed E-state index contributed by atoms with van der Waals surface area (Å²) in [4.78, 5) is 8.56. The van der Waals surface area contributed by atoms with E-state index in [1.165, 1.54) is 0 Å². The second kappa shape index (κ2) is 3.02. The van der Waals surface area contributed by atoms with Crippen molar-refractivity contribution in [1.29, 1.82) is 0 Å². The first-order valence-corrected chi connectivity index (χ1v) is 5.14. The number of rotatable bonds is 0. The first-order valence-electron chi connectivity index (χ1n) is 4.35. The van der Waals surface area contributed by atoms with E-state index < -0.39 is 0 Å². The molecule has 0 amide bonds. The molecule has 2 rings (SSSR count). The van der Waals surface area contributed by atoms with Crippen molar-refractivity contribution >= 4 is 21.7 Å². The Bertz CT molecular complexity index is 469. The Balaban J connectivity index is 2.63. The predicted octanol–water partition coefficient (Wildman–Crippen LogP) is 2.18. The van der Waals surface area contributed by atoms with Gasteiger partial charge in [0.1, 0.15) is 4.60 Å². The molecule has 0 radical (unpaired) electrons. The highest BCUT2D eigenvalue weighted by Gasteiger charge is 2.17. The van der Waals surface area contributed by atoms with Crippen LogP contribution in [0.4, 0.5) is 0 Å². The molecule has 0 atom stereocenters. The van der Waals surface area contributed by atoms with Crippen LogP contribution in [0.25, 0.3) is 5.78 Å². The molecule has 0 N–H and O–H groups in total. The topological polar surface area (TPSA) is 43.1 Å². The lowest BCUT2D eigenvalue weighted by atomic mass is 9.93. The van der Waals surface area contributed by atoms with E-state index in [4.69, 9.17) is 0 Å². The van der Waals surface area contributed by atoms with Gasteiger partial charge in [0.2, 0.25) is 0 Å². The van der Waals surface area contributed by atoms with Gasteiger partial charge in [0.25, 0.3) is 5.78 Å². The summed E-state index contributed by atoms with van der Waals surface area (Å²) in [6.45, 7) is 6.31. The summed E-state index contributed by atoms with van der Waals surface area (Å²) in [5, 5.41) is 4.25. The van der Waals surface area contributed by atoms with Gasteiger partial charge < -0.3 is 0 Å². The van der Waals surface area contributed by atoms with Crippen LogP contribution in [-0.2, 0) is 5.41 Å². The first kappa shape index (κ1) is 9.58. The van der Waals surface area contributed by atoms with E-state index in [-0.39, 0.29) is 5.41 Å². The van der Waals surface area contributed by atoms with Crippen LogP contribution < -0.4 is 0 Å². The third-order valence-electron chi connectivity index (χ3n) is 1.96. The van der Waals surface area contributed by atoms with Crippen molar-refractivity contribution in [3.05, 3.63) is 22.7 Å². The van der Waals surface area contributed by atoms with Crippen molar-refractivity contribution < 1.29 is 0 Å². The Morgan fingerprint density at radius 2 is 2.00 bits per heavy atom. The molecule has 0 saturated heterocycles. The van der Waals surface area contributed by atoms with E-state index in [0.717, 1.165) is 10.3 Å². The van der Waals surface area contributed by atoms with E-state index in [0.29, 0.717) is 5.78 Å². The number of nitrogens with zero attached hydrogens (tertiary/aromatic N) is 4. The zero-order chi connectivity index (χ0) is 10.3. The number of hydrogen-bond acceptors (Lipinski definition) is 3. The summed E-state index contributed by atoms with van der Waals surface area (Å²) in [5.41, 5.74) is 0.954. The number of imidazole rings is 1. The summed E-state index contributed by atoms with van der Waals surface area (Å²) < 4.78 is 2.48. The molecular weight excluding hydrogens is 244 g/mol. The first-order chi connectivity index (χ1) is 6.48. The maximum atomic E-state index is 4.43. The highest BCUT2D eigenvalue weighted by Crippen LogP contribution is 2.20. The molecule has 0 aliphatic carbocycles. The fourth-order valence-electron chi connectivity index (χ4n) is 1.11. The van der Waals surface area contributed by atoms with E-state index in [1.807, 2.05) is 0 Å². The van der Waals surface area contributed by atoms with Crippen molar-refractivity contribution in [3.63, 3.8) is 0 Å². The summed E-state index contributed by atoms with van der Waals surface area (Å²) in [6.07, 6.45) is 3.47. The minimum absolute atomic E-state index is 0.00712. The lowest BCUT2D eigenvalue weighted by Crippen LogP contribution is -2.15. The Morgan fingerprint density at radius 1 is 1.29 bits per heavy atom. The minimum atomic E-state index is 0.00712. The van der Waals surface area contributed by atoms with Crippen LogP contribution in [0, 0.1) is 0 Å². The molecule has 0 aliphatic rings. The van der Waals surface area contributed by atoms with E-state index >= 15 is 0 Å². The number of halogens is 1. The number of hydrogen-bond donors (Lipinski definition) is 0. The van der Waals surface area contributed by atoms with Crippen molar-refractivity contribution in [3.8, 4) is 0 Å². The van der Waals surface area contributed by atoms with Crippen LogP contribution in [0.2, 0.25) is 0 Å². The average molecular weight is 255 g/mol. The molecule has 2 aromatic heterocycles. The Kier molecular flexibility index (Phi) is 2.06. The largest absolute Gasteiger partial charge is 0.251 e. The quantitative estimate of drug-likeness (QED) is 0.724. The third kappa shape index (κ3) is 1.52. The highest BCUT2D eigenvalue weighted by atomic mass is 79.9. The lowest BCUT2D eigenvalue weighted by molar-refractivity contribution is 0.561. The molecule has 0 aromatic carbocycles. The Morgan fingerprint density at radius 3 is 2.64 bits per heavy atom. The normalized spacial score (nSPS) is 12.3. The second-order valence-electron chi connectivity index (χ2n) is 4.18. The predicted molar refractivity (Wildman–Crippen MR) is 57.2 cm³/mol. The molecule has 74 valence electrons. The standard InChI is InChI=1S/C9H11BrN4/c1-9(2,3)6-4-12-14-7(10)5-11-8(14)13-6/h4-5H,1-3H3. The highest BCUT2D eigenvalue weighted by molar-refractivity contribution is 9.10. The van der Waals surface area contributed by atoms with Crippen LogP contribution >= 0.6 is 15.9 Å². The summed E-state index contributed by atoms with van der Waals surface area (Å²) in [6, 6.07) is 0. The maximum absolute atomic E-state index is 4.43. The summed E-state index contributed by atoms with van der Waals surface area (Å²) >= 11 is 3.34. The molecule has 0 bridgehead atoms. The average Bonchev–Trinajstić information content (AvgIpc) is 2.46. The number of fused-ring (bicyclic) bond motifs is 1. The van der Waals surface area contributed by atoms with Gasteiger partial charge in [0.15, 0.2) is 0 Å². The van der Waals surface area contributed by atoms with Gasteiger partial charge >= 0.3 is 0 Å². The summed E-state index contributed by atoms with van der Waals surface area (Å²) in [5.74, 6) is 0.629.